The van der Waals surface area contributed by atoms with Crippen LogP contribution in [0.3, 0.4) is 0 Å². The van der Waals surface area contributed by atoms with Crippen LogP contribution in [0.4, 0.5) is 10.1 Å². The van der Waals surface area contributed by atoms with E-state index in [0.717, 1.165) is 29.9 Å². The molecule has 1 fully saturated rings. The largest absolute Gasteiger partial charge is 0.483 e. The molecule has 1 N–H and O–H groups in total. The van der Waals surface area contributed by atoms with Crippen LogP contribution in [0, 0.1) is 5.82 Å². The highest BCUT2D eigenvalue weighted by molar-refractivity contribution is 6.30. The Hall–Kier alpha value is -3.09. The first-order chi connectivity index (χ1) is 16.9. The first kappa shape index (κ1) is 25.0. The van der Waals surface area contributed by atoms with Crippen molar-refractivity contribution >= 4 is 23.2 Å². The molecular weight excluding hydrogens is 465 g/mol. The summed E-state index contributed by atoms with van der Waals surface area (Å²) in [4.78, 5) is 17.3. The molecule has 0 spiro atoms. The van der Waals surface area contributed by atoms with Gasteiger partial charge in [-0.2, -0.15) is 0 Å². The number of carbonyl (C=O) groups excluding carboxylic acids is 1. The Morgan fingerprint density at radius 2 is 1.77 bits per heavy atom. The van der Waals surface area contributed by atoms with Gasteiger partial charge in [-0.1, -0.05) is 41.9 Å². The molecule has 1 saturated heterocycles. The van der Waals surface area contributed by atoms with Crippen molar-refractivity contribution in [3.8, 4) is 5.75 Å². The lowest BCUT2D eigenvalue weighted by atomic mass is 10.1. The topological polar surface area (TPSA) is 44.8 Å². The van der Waals surface area contributed by atoms with Gasteiger partial charge < -0.3 is 15.0 Å². The number of hydrogen-bond acceptors (Lipinski definition) is 4. The first-order valence-electron chi connectivity index (χ1n) is 11.9. The number of para-hydroxylation sites is 1. The van der Waals surface area contributed by atoms with E-state index < -0.39 is 0 Å². The van der Waals surface area contributed by atoms with Crippen molar-refractivity contribution < 1.29 is 13.9 Å². The molecule has 1 aliphatic rings. The van der Waals surface area contributed by atoms with Crippen molar-refractivity contribution in [3.05, 3.63) is 94.8 Å². The summed E-state index contributed by atoms with van der Waals surface area (Å²) in [5, 5.41) is 3.98. The second-order valence-electron chi connectivity index (χ2n) is 9.06. The lowest BCUT2D eigenvalue weighted by Gasteiger charge is -2.44. The van der Waals surface area contributed by atoms with E-state index in [1.54, 1.807) is 6.07 Å². The van der Waals surface area contributed by atoms with Crippen molar-refractivity contribution in [2.45, 2.75) is 39.0 Å². The molecule has 5 nitrogen and oxygen atoms in total. The van der Waals surface area contributed by atoms with Gasteiger partial charge in [0.2, 0.25) is 0 Å². The summed E-state index contributed by atoms with van der Waals surface area (Å²) in [6.07, 6.45) is 0. The molecule has 2 unspecified atom stereocenters. The molecule has 7 heteroatoms. The summed E-state index contributed by atoms with van der Waals surface area (Å²) in [7, 11) is 0. The Bertz CT molecular complexity index is 1130. The molecule has 0 bridgehead atoms. The van der Waals surface area contributed by atoms with Crippen LogP contribution in [-0.4, -0.2) is 47.5 Å². The Morgan fingerprint density at radius 1 is 1.03 bits per heavy atom. The lowest BCUT2D eigenvalue weighted by Crippen LogP contribution is -2.58. The zero-order valence-electron chi connectivity index (χ0n) is 20.1. The number of anilines is 1. The van der Waals surface area contributed by atoms with Crippen molar-refractivity contribution in [1.29, 1.82) is 0 Å². The average Bonchev–Trinajstić information content (AvgIpc) is 2.86. The van der Waals surface area contributed by atoms with Gasteiger partial charge in [-0.15, -0.1) is 0 Å². The van der Waals surface area contributed by atoms with Crippen molar-refractivity contribution in [1.82, 2.24) is 9.80 Å². The molecule has 1 amide bonds. The number of nitrogens with zero attached hydrogens (tertiary/aromatic N) is 2. The van der Waals surface area contributed by atoms with Gasteiger partial charge in [0.15, 0.2) is 6.61 Å². The monoisotopic (exact) mass is 495 g/mol. The number of carbonyl (C=O) groups is 1. The van der Waals surface area contributed by atoms with Crippen LogP contribution in [0.5, 0.6) is 5.75 Å². The Kier molecular flexibility index (Phi) is 8.26. The Morgan fingerprint density at radius 3 is 2.51 bits per heavy atom. The number of ether oxygens (including phenoxy) is 1. The van der Waals surface area contributed by atoms with Crippen LogP contribution in [0.1, 0.15) is 25.0 Å². The van der Waals surface area contributed by atoms with Crippen molar-refractivity contribution in [3.63, 3.8) is 0 Å². The molecule has 35 heavy (non-hydrogen) atoms. The first-order valence-corrected chi connectivity index (χ1v) is 12.2. The van der Waals surface area contributed by atoms with E-state index in [1.165, 1.54) is 12.1 Å². The highest BCUT2D eigenvalue weighted by atomic mass is 35.5. The zero-order chi connectivity index (χ0) is 24.8. The molecule has 0 radical (unpaired) electrons. The highest BCUT2D eigenvalue weighted by Gasteiger charge is 2.32. The molecule has 0 aliphatic carbocycles. The van der Waals surface area contributed by atoms with E-state index in [-0.39, 0.29) is 30.4 Å². The van der Waals surface area contributed by atoms with Crippen molar-refractivity contribution in [2.24, 2.45) is 0 Å². The van der Waals surface area contributed by atoms with Gasteiger partial charge in [-0.05, 0) is 61.9 Å². The fourth-order valence-corrected chi connectivity index (χ4v) is 4.59. The van der Waals surface area contributed by atoms with Gasteiger partial charge in [-0.3, -0.25) is 9.69 Å². The Balaban J connectivity index is 1.34. The van der Waals surface area contributed by atoms with Crippen LogP contribution < -0.4 is 10.1 Å². The van der Waals surface area contributed by atoms with Crippen LogP contribution in [0.25, 0.3) is 0 Å². The zero-order valence-corrected chi connectivity index (χ0v) is 20.8. The predicted octanol–water partition coefficient (Wildman–Crippen LogP) is 5.59. The molecule has 4 rings (SSSR count). The second kappa shape index (κ2) is 11.6. The lowest BCUT2D eigenvalue weighted by molar-refractivity contribution is -0.139. The predicted molar refractivity (Wildman–Crippen MR) is 138 cm³/mol. The van der Waals surface area contributed by atoms with Gasteiger partial charge >= 0.3 is 0 Å². The molecule has 0 saturated carbocycles. The minimum atomic E-state index is -0.231. The number of piperazine rings is 1. The summed E-state index contributed by atoms with van der Waals surface area (Å²) in [5.41, 5.74) is 2.95. The highest BCUT2D eigenvalue weighted by Crippen LogP contribution is 2.25. The summed E-state index contributed by atoms with van der Waals surface area (Å²) in [6.45, 7) is 6.76. The van der Waals surface area contributed by atoms with Gasteiger partial charge in [0.25, 0.3) is 5.91 Å². The molecule has 1 aliphatic heterocycles. The molecule has 3 aromatic rings. The molecule has 3 aromatic carbocycles. The maximum absolute atomic E-state index is 13.2. The summed E-state index contributed by atoms with van der Waals surface area (Å²) in [6, 6.07) is 22.2. The summed E-state index contributed by atoms with van der Waals surface area (Å²) >= 11 is 6.22. The molecule has 1 heterocycles. The third kappa shape index (κ3) is 6.74. The molecule has 0 aromatic heterocycles. The van der Waals surface area contributed by atoms with E-state index in [1.807, 2.05) is 59.5 Å². The van der Waals surface area contributed by atoms with Crippen LogP contribution in [0.2, 0.25) is 5.02 Å². The number of hydrogen-bond donors (Lipinski definition) is 1. The standard InChI is InChI=1S/C28H31ClFN3O2/c1-20-17-33(21(2)16-32(20)18-22-8-11-25(30)12-9-22)28(34)19-35-27-13-10-24(29)14-23(27)15-31-26-6-4-3-5-7-26/h3-14,20-21,31H,15-19H2,1-2H3. The summed E-state index contributed by atoms with van der Waals surface area (Å²) in [5.74, 6) is 0.370. The maximum Gasteiger partial charge on any atom is 0.260 e. The number of halogens is 2. The van der Waals surface area contributed by atoms with E-state index in [0.29, 0.717) is 23.9 Å². The minimum Gasteiger partial charge on any atom is -0.483 e. The minimum absolute atomic E-state index is 0.0327. The van der Waals surface area contributed by atoms with E-state index in [2.05, 4.69) is 24.1 Å². The average molecular weight is 496 g/mol. The number of amides is 1. The third-order valence-electron chi connectivity index (χ3n) is 6.36. The van der Waals surface area contributed by atoms with E-state index >= 15 is 0 Å². The van der Waals surface area contributed by atoms with Crippen LogP contribution in [-0.2, 0) is 17.9 Å². The quantitative estimate of drug-likeness (QED) is 0.442. The normalized spacial score (nSPS) is 18.3. The van der Waals surface area contributed by atoms with Gasteiger partial charge in [0.05, 0.1) is 0 Å². The smallest absolute Gasteiger partial charge is 0.260 e. The van der Waals surface area contributed by atoms with Crippen molar-refractivity contribution in [2.75, 3.05) is 25.0 Å². The van der Waals surface area contributed by atoms with E-state index in [4.69, 9.17) is 16.3 Å². The second-order valence-corrected chi connectivity index (χ2v) is 9.50. The van der Waals surface area contributed by atoms with Gasteiger partial charge in [-0.25, -0.2) is 4.39 Å². The molecular formula is C28H31ClFN3O2. The number of nitrogens with one attached hydrogen (secondary N) is 1. The fourth-order valence-electron chi connectivity index (χ4n) is 4.39. The maximum atomic E-state index is 13.2. The van der Waals surface area contributed by atoms with Gasteiger partial charge in [0.1, 0.15) is 11.6 Å². The molecule has 2 atom stereocenters. The number of benzene rings is 3. The SMILES string of the molecule is CC1CN(C(=O)COc2ccc(Cl)cc2CNc2ccccc2)C(C)CN1Cc1ccc(F)cc1. The Labute approximate surface area is 211 Å². The molecule has 184 valence electrons. The number of rotatable bonds is 8. The van der Waals surface area contributed by atoms with Crippen LogP contribution in [0.15, 0.2) is 72.8 Å². The van der Waals surface area contributed by atoms with Gasteiger partial charge in [0, 0.05) is 54.5 Å². The van der Waals surface area contributed by atoms with E-state index in [9.17, 15) is 9.18 Å². The third-order valence-corrected chi connectivity index (χ3v) is 6.60. The van der Waals surface area contributed by atoms with Crippen LogP contribution >= 0.6 is 11.6 Å². The summed E-state index contributed by atoms with van der Waals surface area (Å²) < 4.78 is 19.2. The fraction of sp³-hybridized carbons (Fsp3) is 0.321.